The first-order valence-corrected chi connectivity index (χ1v) is 6.54. The molecule has 1 aromatic rings. The van der Waals surface area contributed by atoms with Crippen LogP contribution in [0, 0.1) is 5.92 Å². The van der Waals surface area contributed by atoms with Gasteiger partial charge < -0.3 is 11.1 Å². The van der Waals surface area contributed by atoms with E-state index in [1.165, 1.54) is 29.2 Å². The number of nitrogens with two attached hydrogens (primary N) is 1. The van der Waals surface area contributed by atoms with Gasteiger partial charge in [-0.05, 0) is 30.9 Å². The van der Waals surface area contributed by atoms with Crippen molar-refractivity contribution < 1.29 is 0 Å². The molecule has 0 unspecified atom stereocenters. The number of benzene rings is 1. The Morgan fingerprint density at radius 2 is 2.13 bits per heavy atom. The summed E-state index contributed by atoms with van der Waals surface area (Å²) in [5.41, 5.74) is 6.72. The zero-order chi connectivity index (χ0) is 10.5. The van der Waals surface area contributed by atoms with Crippen LogP contribution in [0.3, 0.4) is 0 Å². The van der Waals surface area contributed by atoms with E-state index in [-0.39, 0.29) is 0 Å². The Labute approximate surface area is 95.6 Å². The normalized spacial score (nSPS) is 15.3. The molecule has 0 spiro atoms. The predicted molar refractivity (Wildman–Crippen MR) is 67.4 cm³/mol. The summed E-state index contributed by atoms with van der Waals surface area (Å²) in [6.07, 6.45) is 2.84. The Kier molecular flexibility index (Phi) is 3.92. The van der Waals surface area contributed by atoms with Gasteiger partial charge in [0.2, 0.25) is 0 Å². The molecule has 3 N–H and O–H groups in total. The van der Waals surface area contributed by atoms with E-state index in [1.807, 2.05) is 11.8 Å². The third-order valence-electron chi connectivity index (χ3n) is 2.52. The standard InChI is InChI=1S/C12H18N2S/c13-7-8-14-11-3-1-2-4-12(11)15-9-10-5-6-10/h1-4,10,14H,5-9,13H2. The molecule has 1 saturated carbocycles. The molecule has 1 aliphatic carbocycles. The fraction of sp³-hybridized carbons (Fsp3) is 0.500. The minimum atomic E-state index is 0.682. The molecular formula is C12H18N2S. The minimum absolute atomic E-state index is 0.682. The zero-order valence-electron chi connectivity index (χ0n) is 8.91. The van der Waals surface area contributed by atoms with Crippen LogP contribution in [-0.2, 0) is 0 Å². The molecule has 1 fully saturated rings. The molecule has 0 radical (unpaired) electrons. The van der Waals surface area contributed by atoms with Gasteiger partial charge in [-0.3, -0.25) is 0 Å². The van der Waals surface area contributed by atoms with Gasteiger partial charge in [-0.25, -0.2) is 0 Å². The maximum absolute atomic E-state index is 5.49. The van der Waals surface area contributed by atoms with Gasteiger partial charge in [-0.15, -0.1) is 11.8 Å². The monoisotopic (exact) mass is 222 g/mol. The molecule has 2 nitrogen and oxygen atoms in total. The topological polar surface area (TPSA) is 38.0 Å². The first-order valence-electron chi connectivity index (χ1n) is 5.56. The average Bonchev–Trinajstić information content (AvgIpc) is 3.08. The minimum Gasteiger partial charge on any atom is -0.383 e. The van der Waals surface area contributed by atoms with Crippen LogP contribution in [0.5, 0.6) is 0 Å². The van der Waals surface area contributed by atoms with Crippen LogP contribution in [0.4, 0.5) is 5.69 Å². The molecule has 0 heterocycles. The van der Waals surface area contributed by atoms with Gasteiger partial charge in [-0.1, -0.05) is 12.1 Å². The van der Waals surface area contributed by atoms with E-state index in [0.29, 0.717) is 6.54 Å². The number of hydrogen-bond donors (Lipinski definition) is 2. The highest BCUT2D eigenvalue weighted by molar-refractivity contribution is 7.99. The maximum Gasteiger partial charge on any atom is 0.0478 e. The lowest BCUT2D eigenvalue weighted by molar-refractivity contribution is 0.997. The van der Waals surface area contributed by atoms with Gasteiger partial charge in [0.15, 0.2) is 0 Å². The fourth-order valence-electron chi connectivity index (χ4n) is 1.44. The van der Waals surface area contributed by atoms with Crippen molar-refractivity contribution in [3.63, 3.8) is 0 Å². The Bertz CT molecular complexity index is 310. The smallest absolute Gasteiger partial charge is 0.0478 e. The predicted octanol–water partition coefficient (Wildman–Crippen LogP) is 2.56. The van der Waals surface area contributed by atoms with Crippen molar-refractivity contribution in [3.05, 3.63) is 24.3 Å². The highest BCUT2D eigenvalue weighted by atomic mass is 32.2. The number of para-hydroxylation sites is 1. The summed E-state index contributed by atoms with van der Waals surface area (Å²) in [5, 5.41) is 3.36. The van der Waals surface area contributed by atoms with E-state index in [4.69, 9.17) is 5.73 Å². The van der Waals surface area contributed by atoms with Crippen molar-refractivity contribution in [3.8, 4) is 0 Å². The van der Waals surface area contributed by atoms with Gasteiger partial charge in [-0.2, -0.15) is 0 Å². The van der Waals surface area contributed by atoms with E-state index in [9.17, 15) is 0 Å². The molecule has 0 bridgehead atoms. The first-order chi connectivity index (χ1) is 7.40. The summed E-state index contributed by atoms with van der Waals surface area (Å²) >= 11 is 1.96. The SMILES string of the molecule is NCCNc1ccccc1SCC1CC1. The zero-order valence-corrected chi connectivity index (χ0v) is 9.72. The van der Waals surface area contributed by atoms with Gasteiger partial charge in [0.25, 0.3) is 0 Å². The summed E-state index contributed by atoms with van der Waals surface area (Å²) in [7, 11) is 0. The lowest BCUT2D eigenvalue weighted by atomic mass is 10.3. The molecule has 1 aliphatic rings. The average molecular weight is 222 g/mol. The summed E-state index contributed by atoms with van der Waals surface area (Å²) in [6, 6.07) is 8.49. The molecule has 1 aromatic carbocycles. The van der Waals surface area contributed by atoms with E-state index >= 15 is 0 Å². The third kappa shape index (κ3) is 3.43. The Balaban J connectivity index is 1.93. The molecule has 0 saturated heterocycles. The quantitative estimate of drug-likeness (QED) is 0.726. The summed E-state index contributed by atoms with van der Waals surface area (Å²) in [6.45, 7) is 1.53. The van der Waals surface area contributed by atoms with E-state index < -0.39 is 0 Å². The highest BCUT2D eigenvalue weighted by Gasteiger charge is 2.21. The van der Waals surface area contributed by atoms with Gasteiger partial charge in [0, 0.05) is 29.4 Å². The van der Waals surface area contributed by atoms with Crippen molar-refractivity contribution in [2.24, 2.45) is 11.7 Å². The second-order valence-corrected chi connectivity index (χ2v) is 5.03. The number of hydrogen-bond acceptors (Lipinski definition) is 3. The second-order valence-electron chi connectivity index (χ2n) is 3.97. The Morgan fingerprint density at radius 1 is 1.33 bits per heavy atom. The first kappa shape index (κ1) is 10.8. The van der Waals surface area contributed by atoms with Gasteiger partial charge >= 0.3 is 0 Å². The lowest BCUT2D eigenvalue weighted by Crippen LogP contribution is -2.13. The number of rotatable bonds is 6. The van der Waals surface area contributed by atoms with Crippen molar-refractivity contribution in [2.45, 2.75) is 17.7 Å². The Morgan fingerprint density at radius 3 is 2.87 bits per heavy atom. The molecule has 3 heteroatoms. The number of nitrogens with one attached hydrogen (secondary N) is 1. The van der Waals surface area contributed by atoms with E-state index in [1.54, 1.807) is 0 Å². The molecule has 15 heavy (non-hydrogen) atoms. The fourth-order valence-corrected chi connectivity index (χ4v) is 2.66. The molecule has 82 valence electrons. The van der Waals surface area contributed by atoms with Crippen LogP contribution < -0.4 is 11.1 Å². The molecule has 0 aliphatic heterocycles. The maximum atomic E-state index is 5.49. The van der Waals surface area contributed by atoms with E-state index in [0.717, 1.165) is 12.5 Å². The van der Waals surface area contributed by atoms with Crippen molar-refractivity contribution in [2.75, 3.05) is 24.2 Å². The largest absolute Gasteiger partial charge is 0.383 e. The highest BCUT2D eigenvalue weighted by Crippen LogP contribution is 2.37. The molecule has 0 amide bonds. The van der Waals surface area contributed by atoms with Crippen molar-refractivity contribution in [1.82, 2.24) is 0 Å². The lowest BCUT2D eigenvalue weighted by Gasteiger charge is -2.10. The molecule has 2 rings (SSSR count). The molecule has 0 aromatic heterocycles. The van der Waals surface area contributed by atoms with Crippen molar-refractivity contribution in [1.29, 1.82) is 0 Å². The number of thioether (sulfide) groups is 1. The summed E-state index contributed by atoms with van der Waals surface area (Å²) in [5.74, 6) is 2.24. The van der Waals surface area contributed by atoms with Crippen LogP contribution in [0.1, 0.15) is 12.8 Å². The van der Waals surface area contributed by atoms with Crippen LogP contribution in [-0.4, -0.2) is 18.8 Å². The van der Waals surface area contributed by atoms with Crippen LogP contribution in [0.15, 0.2) is 29.2 Å². The van der Waals surface area contributed by atoms with Gasteiger partial charge in [0.05, 0.1) is 0 Å². The van der Waals surface area contributed by atoms with Crippen LogP contribution in [0.25, 0.3) is 0 Å². The molecule has 0 atom stereocenters. The molecular weight excluding hydrogens is 204 g/mol. The summed E-state index contributed by atoms with van der Waals surface area (Å²) in [4.78, 5) is 1.36. The third-order valence-corrected chi connectivity index (χ3v) is 3.82. The van der Waals surface area contributed by atoms with Crippen molar-refractivity contribution >= 4 is 17.4 Å². The summed E-state index contributed by atoms with van der Waals surface area (Å²) < 4.78 is 0. The van der Waals surface area contributed by atoms with Crippen LogP contribution >= 0.6 is 11.8 Å². The van der Waals surface area contributed by atoms with Gasteiger partial charge in [0.1, 0.15) is 0 Å². The number of anilines is 1. The van der Waals surface area contributed by atoms with E-state index in [2.05, 4.69) is 29.6 Å². The van der Waals surface area contributed by atoms with Crippen LogP contribution in [0.2, 0.25) is 0 Å². The Hall–Kier alpha value is -0.670. The second kappa shape index (κ2) is 5.42.